The smallest absolute Gasteiger partial charge is 0.227 e. The predicted molar refractivity (Wildman–Crippen MR) is 147 cm³/mol. The number of nitrogens with zero attached hydrogens (tertiary/aromatic N) is 2. The monoisotopic (exact) mass is 492 g/mol. The van der Waals surface area contributed by atoms with E-state index in [1.54, 1.807) is 0 Å². The summed E-state index contributed by atoms with van der Waals surface area (Å²) in [7, 11) is 0. The zero-order chi connectivity index (χ0) is 24.8. The third kappa shape index (κ3) is 2.77. The third-order valence-electron chi connectivity index (χ3n) is 7.15. The van der Waals surface area contributed by atoms with Gasteiger partial charge in [0.1, 0.15) is 33.4 Å². The fraction of sp³-hybridized carbons (Fsp3) is 0. The summed E-state index contributed by atoms with van der Waals surface area (Å²) in [6, 6.07) is 31.7. The SMILES string of the molecule is c1ccc2oc(-c3ccc4c(c3)oc3cc5c(cc34)oc3cc(-c4nc6ccccc6o4)ccc35)nc2c1. The Morgan fingerprint density at radius 3 is 1.29 bits per heavy atom. The van der Waals surface area contributed by atoms with E-state index < -0.39 is 0 Å². The van der Waals surface area contributed by atoms with E-state index in [1.807, 2.05) is 84.9 Å². The number of furan rings is 2. The number of rotatable bonds is 2. The minimum atomic E-state index is 0.572. The number of benzene rings is 5. The van der Waals surface area contributed by atoms with Crippen molar-refractivity contribution in [3.8, 4) is 22.9 Å². The standard InChI is InChI=1S/C32H16N2O4/c1-3-7-25-23(5-1)33-31(37-25)17-9-11-19-21-15-30-22(16-29(21)35-27(19)13-17)20-12-10-18(14-28(20)36-30)32-34-24-6-2-4-8-26(24)38-32/h1-16H. The molecule has 0 fully saturated rings. The fourth-order valence-corrected chi connectivity index (χ4v) is 5.30. The Kier molecular flexibility index (Phi) is 3.70. The van der Waals surface area contributed by atoms with Crippen molar-refractivity contribution in [2.45, 2.75) is 0 Å². The molecule has 0 saturated carbocycles. The molecule has 0 aliphatic rings. The first kappa shape index (κ1) is 19.8. The van der Waals surface area contributed by atoms with E-state index >= 15 is 0 Å². The van der Waals surface area contributed by atoms with E-state index in [9.17, 15) is 0 Å². The van der Waals surface area contributed by atoms with Crippen LogP contribution in [0.4, 0.5) is 0 Å². The van der Waals surface area contributed by atoms with Gasteiger partial charge in [0, 0.05) is 32.7 Å². The molecular weight excluding hydrogens is 476 g/mol. The Hall–Kier alpha value is -5.36. The van der Waals surface area contributed by atoms with Gasteiger partial charge in [-0.25, -0.2) is 9.97 Å². The van der Waals surface area contributed by atoms with Gasteiger partial charge >= 0.3 is 0 Å². The van der Waals surface area contributed by atoms with Crippen LogP contribution in [0.5, 0.6) is 0 Å². The molecule has 5 aromatic carbocycles. The van der Waals surface area contributed by atoms with Gasteiger partial charge in [0.2, 0.25) is 11.8 Å². The van der Waals surface area contributed by atoms with Gasteiger partial charge in [0.05, 0.1) is 0 Å². The Labute approximate surface area is 213 Å². The van der Waals surface area contributed by atoms with Gasteiger partial charge in [-0.3, -0.25) is 0 Å². The molecule has 6 heteroatoms. The summed E-state index contributed by atoms with van der Waals surface area (Å²) in [4.78, 5) is 9.24. The molecule has 0 bridgehead atoms. The van der Waals surface area contributed by atoms with Crippen LogP contribution in [0, 0.1) is 0 Å². The lowest BCUT2D eigenvalue weighted by atomic mass is 10.1. The lowest BCUT2D eigenvalue weighted by Gasteiger charge is -1.95. The lowest BCUT2D eigenvalue weighted by molar-refractivity contribution is 0.618. The van der Waals surface area contributed by atoms with Crippen molar-refractivity contribution in [1.29, 1.82) is 0 Å². The maximum Gasteiger partial charge on any atom is 0.227 e. The van der Waals surface area contributed by atoms with E-state index in [4.69, 9.17) is 17.7 Å². The first-order valence-electron chi connectivity index (χ1n) is 12.3. The average Bonchev–Trinajstić information content (AvgIpc) is 3.72. The van der Waals surface area contributed by atoms with Gasteiger partial charge in [-0.1, -0.05) is 24.3 Å². The zero-order valence-corrected chi connectivity index (χ0v) is 19.8. The molecule has 0 aliphatic heterocycles. The zero-order valence-electron chi connectivity index (χ0n) is 19.8. The average molecular weight is 492 g/mol. The van der Waals surface area contributed by atoms with E-state index in [0.29, 0.717) is 11.8 Å². The highest BCUT2D eigenvalue weighted by Crippen LogP contribution is 2.39. The Morgan fingerprint density at radius 1 is 0.368 bits per heavy atom. The molecule has 0 radical (unpaired) electrons. The van der Waals surface area contributed by atoms with Gasteiger partial charge in [-0.2, -0.15) is 0 Å². The van der Waals surface area contributed by atoms with E-state index in [-0.39, 0.29) is 0 Å². The molecule has 178 valence electrons. The molecule has 9 rings (SSSR count). The van der Waals surface area contributed by atoms with Crippen molar-refractivity contribution in [3.05, 3.63) is 97.1 Å². The molecule has 0 saturated heterocycles. The minimum Gasteiger partial charge on any atom is -0.456 e. The van der Waals surface area contributed by atoms with Crippen molar-refractivity contribution in [1.82, 2.24) is 9.97 Å². The summed E-state index contributed by atoms with van der Waals surface area (Å²) in [5.41, 5.74) is 8.07. The number of aromatic nitrogens is 2. The number of oxazole rings is 2. The number of hydrogen-bond acceptors (Lipinski definition) is 6. The number of para-hydroxylation sites is 4. The van der Waals surface area contributed by atoms with Crippen LogP contribution in [0.3, 0.4) is 0 Å². The van der Waals surface area contributed by atoms with E-state index in [2.05, 4.69) is 22.1 Å². The van der Waals surface area contributed by atoms with Crippen LogP contribution in [-0.2, 0) is 0 Å². The number of hydrogen-bond donors (Lipinski definition) is 0. The lowest BCUT2D eigenvalue weighted by Crippen LogP contribution is -1.76. The molecule has 0 atom stereocenters. The van der Waals surface area contributed by atoms with Crippen LogP contribution in [-0.4, -0.2) is 9.97 Å². The number of fused-ring (bicyclic) bond motifs is 8. The molecule has 4 heterocycles. The van der Waals surface area contributed by atoms with Crippen molar-refractivity contribution in [2.24, 2.45) is 0 Å². The van der Waals surface area contributed by atoms with E-state index in [0.717, 1.165) is 77.2 Å². The van der Waals surface area contributed by atoms with Crippen molar-refractivity contribution < 1.29 is 17.7 Å². The normalized spacial score (nSPS) is 12.2. The van der Waals surface area contributed by atoms with Crippen molar-refractivity contribution in [3.63, 3.8) is 0 Å². The van der Waals surface area contributed by atoms with Gasteiger partial charge < -0.3 is 17.7 Å². The van der Waals surface area contributed by atoms with Crippen LogP contribution >= 0.6 is 0 Å². The first-order valence-corrected chi connectivity index (χ1v) is 12.3. The summed E-state index contributed by atoms with van der Waals surface area (Å²) >= 11 is 0. The summed E-state index contributed by atoms with van der Waals surface area (Å²) in [6.45, 7) is 0. The van der Waals surface area contributed by atoms with Crippen molar-refractivity contribution >= 4 is 66.1 Å². The summed E-state index contributed by atoms with van der Waals surface area (Å²) in [5.74, 6) is 1.14. The molecule has 38 heavy (non-hydrogen) atoms. The molecule has 0 amide bonds. The molecule has 4 aromatic heterocycles. The maximum atomic E-state index is 6.31. The van der Waals surface area contributed by atoms with Gasteiger partial charge in [0.25, 0.3) is 0 Å². The van der Waals surface area contributed by atoms with Crippen molar-refractivity contribution in [2.75, 3.05) is 0 Å². The summed E-state index contributed by atoms with van der Waals surface area (Å²) < 4.78 is 24.5. The fourth-order valence-electron chi connectivity index (χ4n) is 5.30. The van der Waals surface area contributed by atoms with Gasteiger partial charge in [-0.05, 0) is 72.8 Å². The summed E-state index contributed by atoms with van der Waals surface area (Å²) in [5, 5.41) is 4.01. The highest BCUT2D eigenvalue weighted by Gasteiger charge is 2.17. The third-order valence-corrected chi connectivity index (χ3v) is 7.15. The van der Waals surface area contributed by atoms with Crippen LogP contribution in [0.2, 0.25) is 0 Å². The second-order valence-electron chi connectivity index (χ2n) is 9.44. The highest BCUT2D eigenvalue weighted by molar-refractivity contribution is 6.15. The molecular formula is C32H16N2O4. The minimum absolute atomic E-state index is 0.572. The summed E-state index contributed by atoms with van der Waals surface area (Å²) in [6.07, 6.45) is 0. The quantitative estimate of drug-likeness (QED) is 0.239. The van der Waals surface area contributed by atoms with Crippen LogP contribution < -0.4 is 0 Å². The second-order valence-corrected chi connectivity index (χ2v) is 9.44. The Balaban J connectivity index is 1.18. The Bertz CT molecular complexity index is 2130. The molecule has 0 unspecified atom stereocenters. The molecule has 0 N–H and O–H groups in total. The van der Waals surface area contributed by atoms with Gasteiger partial charge in [-0.15, -0.1) is 0 Å². The van der Waals surface area contributed by atoms with Crippen LogP contribution in [0.25, 0.3) is 89.0 Å². The molecule has 0 spiro atoms. The first-order chi connectivity index (χ1) is 18.8. The van der Waals surface area contributed by atoms with Crippen LogP contribution in [0.1, 0.15) is 0 Å². The predicted octanol–water partition coefficient (Wildman–Crippen LogP) is 9.10. The largest absolute Gasteiger partial charge is 0.456 e. The molecule has 0 aliphatic carbocycles. The Morgan fingerprint density at radius 2 is 0.816 bits per heavy atom. The maximum absolute atomic E-state index is 6.31. The molecule has 6 nitrogen and oxygen atoms in total. The van der Waals surface area contributed by atoms with Gasteiger partial charge in [0.15, 0.2) is 11.2 Å². The second kappa shape index (κ2) is 7.11. The van der Waals surface area contributed by atoms with E-state index in [1.165, 1.54) is 0 Å². The topological polar surface area (TPSA) is 78.3 Å². The molecule has 9 aromatic rings. The highest BCUT2D eigenvalue weighted by atomic mass is 16.4. The van der Waals surface area contributed by atoms with Crippen LogP contribution in [0.15, 0.2) is 115 Å².